The molecule has 112 valence electrons. The summed E-state index contributed by atoms with van der Waals surface area (Å²) in [5.41, 5.74) is 1.02. The van der Waals surface area contributed by atoms with Crippen LogP contribution in [0.4, 0.5) is 0 Å². The molecule has 2 heterocycles. The summed E-state index contributed by atoms with van der Waals surface area (Å²) in [5.74, 6) is -1.21. The van der Waals surface area contributed by atoms with E-state index < -0.39 is 5.97 Å². The van der Waals surface area contributed by atoms with Crippen LogP contribution in [0.2, 0.25) is 0 Å². The average molecular weight is 372 g/mol. The molecule has 0 aromatic carbocycles. The minimum atomic E-state index is -0.994. The van der Waals surface area contributed by atoms with Gasteiger partial charge in [0.05, 0.1) is 12.2 Å². The monoisotopic (exact) mass is 371 g/mol. The van der Waals surface area contributed by atoms with Gasteiger partial charge < -0.3 is 15.0 Å². The van der Waals surface area contributed by atoms with E-state index in [0.717, 1.165) is 15.8 Å². The highest BCUT2D eigenvalue weighted by Crippen LogP contribution is 2.18. The van der Waals surface area contributed by atoms with Gasteiger partial charge in [-0.25, -0.2) is 9.78 Å². The van der Waals surface area contributed by atoms with Gasteiger partial charge in [-0.15, -0.1) is 11.3 Å². The minimum absolute atomic E-state index is 0.207. The molecule has 0 spiro atoms. The maximum absolute atomic E-state index is 12.1. The maximum atomic E-state index is 12.1. The molecule has 0 saturated carbocycles. The number of aryl methyl sites for hydroxylation is 2. The molecule has 8 heteroatoms. The molecule has 21 heavy (non-hydrogen) atoms. The van der Waals surface area contributed by atoms with Gasteiger partial charge in [0.2, 0.25) is 0 Å². The molecule has 0 unspecified atom stereocenters. The van der Waals surface area contributed by atoms with Gasteiger partial charge in [-0.3, -0.25) is 4.79 Å². The highest BCUT2D eigenvalue weighted by Gasteiger charge is 2.16. The van der Waals surface area contributed by atoms with Crippen molar-refractivity contribution < 1.29 is 14.7 Å². The molecule has 0 bridgehead atoms. The van der Waals surface area contributed by atoms with Crippen LogP contribution in [0.25, 0.3) is 0 Å². The molecule has 0 atom stereocenters. The number of hydrogen-bond donors (Lipinski definition) is 2. The number of carboxylic acid groups (broad SMARTS) is 1. The number of hydrogen-bond acceptors (Lipinski definition) is 4. The Labute approximate surface area is 133 Å². The Morgan fingerprint density at radius 2 is 2.24 bits per heavy atom. The van der Waals surface area contributed by atoms with E-state index in [2.05, 4.69) is 26.2 Å². The largest absolute Gasteiger partial charge is 0.477 e. The fourth-order valence-electron chi connectivity index (χ4n) is 1.90. The summed E-state index contributed by atoms with van der Waals surface area (Å²) < 4.78 is 2.67. The summed E-state index contributed by atoms with van der Waals surface area (Å²) in [6.45, 7) is 4.50. The quantitative estimate of drug-likeness (QED) is 0.845. The predicted molar refractivity (Wildman–Crippen MR) is 82.8 cm³/mol. The number of halogens is 1. The summed E-state index contributed by atoms with van der Waals surface area (Å²) in [5, 5.41) is 12.3. The van der Waals surface area contributed by atoms with Gasteiger partial charge >= 0.3 is 5.97 Å². The van der Waals surface area contributed by atoms with Crippen molar-refractivity contribution in [3.63, 3.8) is 0 Å². The van der Waals surface area contributed by atoms with Crippen LogP contribution >= 0.6 is 27.3 Å². The van der Waals surface area contributed by atoms with Gasteiger partial charge in [0.1, 0.15) is 15.6 Å². The summed E-state index contributed by atoms with van der Waals surface area (Å²) in [7, 11) is 0. The zero-order chi connectivity index (χ0) is 15.6. The Bertz CT molecular complexity index is 693. The van der Waals surface area contributed by atoms with Gasteiger partial charge in [0, 0.05) is 17.2 Å². The molecular weight excluding hydrogens is 358 g/mol. The first-order valence-electron chi connectivity index (χ1n) is 6.25. The number of amides is 1. The highest BCUT2D eigenvalue weighted by molar-refractivity contribution is 9.10. The van der Waals surface area contributed by atoms with Crippen molar-refractivity contribution in [1.82, 2.24) is 14.9 Å². The Morgan fingerprint density at radius 1 is 1.52 bits per heavy atom. The minimum Gasteiger partial charge on any atom is -0.477 e. The molecule has 1 amide bonds. The number of thiazole rings is 1. The molecule has 2 N–H and O–H groups in total. The number of carbonyl (C=O) groups is 2. The molecule has 0 fully saturated rings. The summed E-state index contributed by atoms with van der Waals surface area (Å²) >= 11 is 4.42. The Morgan fingerprint density at radius 3 is 2.81 bits per heavy atom. The fourth-order valence-corrected chi connectivity index (χ4v) is 3.21. The zero-order valence-corrected chi connectivity index (χ0v) is 13.9. The number of carbonyl (C=O) groups excluding carboxylic acids is 1. The number of aromatic nitrogens is 2. The van der Waals surface area contributed by atoms with Crippen LogP contribution in [0.1, 0.15) is 37.8 Å². The van der Waals surface area contributed by atoms with Crippen LogP contribution in [0, 0.1) is 6.92 Å². The normalized spacial score (nSPS) is 10.6. The molecule has 2 aromatic heterocycles. The van der Waals surface area contributed by atoms with E-state index in [9.17, 15) is 9.59 Å². The third-order valence-electron chi connectivity index (χ3n) is 2.87. The lowest BCUT2D eigenvalue weighted by molar-refractivity contribution is 0.0701. The average Bonchev–Trinajstić information content (AvgIpc) is 2.99. The molecule has 0 saturated heterocycles. The molecule has 0 aliphatic carbocycles. The number of carboxylic acids is 1. The van der Waals surface area contributed by atoms with E-state index in [4.69, 9.17) is 5.11 Å². The number of nitrogens with one attached hydrogen (secondary N) is 1. The highest BCUT2D eigenvalue weighted by atomic mass is 79.9. The molecule has 0 aliphatic rings. The van der Waals surface area contributed by atoms with Crippen LogP contribution in [-0.2, 0) is 13.1 Å². The second-order valence-electron chi connectivity index (χ2n) is 4.34. The Balaban J connectivity index is 2.07. The van der Waals surface area contributed by atoms with E-state index >= 15 is 0 Å². The first kappa shape index (κ1) is 15.7. The predicted octanol–water partition coefficient (Wildman–Crippen LogP) is 2.66. The summed E-state index contributed by atoms with van der Waals surface area (Å²) in [6, 6.07) is 1.74. The van der Waals surface area contributed by atoms with Gasteiger partial charge in [-0.05, 0) is 35.8 Å². The van der Waals surface area contributed by atoms with Crippen molar-refractivity contribution >= 4 is 39.1 Å². The van der Waals surface area contributed by atoms with Crippen LogP contribution < -0.4 is 5.32 Å². The first-order chi connectivity index (χ1) is 9.92. The van der Waals surface area contributed by atoms with Crippen molar-refractivity contribution in [1.29, 1.82) is 0 Å². The van der Waals surface area contributed by atoms with Gasteiger partial charge in [0.15, 0.2) is 0 Å². The first-order valence-corrected chi connectivity index (χ1v) is 7.86. The molecule has 0 aliphatic heterocycles. The van der Waals surface area contributed by atoms with E-state index in [0.29, 0.717) is 22.9 Å². The van der Waals surface area contributed by atoms with Gasteiger partial charge in [0.25, 0.3) is 5.91 Å². The SMILES string of the molecule is CCn1cc(Br)cc1C(=O)NCc1nc(C)c(C(=O)O)s1. The van der Waals surface area contributed by atoms with Gasteiger partial charge in [-0.2, -0.15) is 0 Å². The van der Waals surface area contributed by atoms with Gasteiger partial charge in [-0.1, -0.05) is 0 Å². The number of rotatable bonds is 5. The van der Waals surface area contributed by atoms with Crippen LogP contribution in [0.15, 0.2) is 16.7 Å². The van der Waals surface area contributed by atoms with E-state index in [1.54, 1.807) is 13.0 Å². The molecular formula is C13H14BrN3O3S. The third kappa shape index (κ3) is 3.51. The van der Waals surface area contributed by atoms with Crippen LogP contribution in [-0.4, -0.2) is 26.5 Å². The van der Waals surface area contributed by atoms with Crippen molar-refractivity contribution in [2.24, 2.45) is 0 Å². The van der Waals surface area contributed by atoms with E-state index in [-0.39, 0.29) is 17.3 Å². The Kier molecular flexibility index (Phi) is 4.79. The van der Waals surface area contributed by atoms with Crippen molar-refractivity contribution in [2.45, 2.75) is 26.9 Å². The van der Waals surface area contributed by atoms with E-state index in [1.165, 1.54) is 0 Å². The zero-order valence-electron chi connectivity index (χ0n) is 11.5. The third-order valence-corrected chi connectivity index (χ3v) is 4.45. The second kappa shape index (κ2) is 6.40. The number of aromatic carboxylic acids is 1. The smallest absolute Gasteiger partial charge is 0.347 e. The Hall–Kier alpha value is -1.67. The summed E-state index contributed by atoms with van der Waals surface area (Å²) in [4.78, 5) is 27.5. The lowest BCUT2D eigenvalue weighted by Gasteiger charge is -2.06. The molecule has 6 nitrogen and oxygen atoms in total. The standard InChI is InChI=1S/C13H14BrN3O3S/c1-3-17-6-8(14)4-9(17)12(18)15-5-10-16-7(2)11(21-10)13(19)20/h4,6H,3,5H2,1-2H3,(H,15,18)(H,19,20). The van der Waals surface area contributed by atoms with E-state index in [1.807, 2.05) is 17.7 Å². The fraction of sp³-hybridized carbons (Fsp3) is 0.308. The van der Waals surface area contributed by atoms with Crippen molar-refractivity contribution in [2.75, 3.05) is 0 Å². The number of nitrogens with zero attached hydrogens (tertiary/aromatic N) is 2. The van der Waals surface area contributed by atoms with Crippen molar-refractivity contribution in [3.05, 3.63) is 38.0 Å². The summed E-state index contributed by atoms with van der Waals surface area (Å²) in [6.07, 6.45) is 1.84. The lowest BCUT2D eigenvalue weighted by atomic mass is 10.4. The topological polar surface area (TPSA) is 84.2 Å². The molecule has 0 radical (unpaired) electrons. The maximum Gasteiger partial charge on any atom is 0.347 e. The molecule has 2 rings (SSSR count). The van der Waals surface area contributed by atoms with Crippen LogP contribution in [0.5, 0.6) is 0 Å². The second-order valence-corrected chi connectivity index (χ2v) is 6.34. The van der Waals surface area contributed by atoms with Crippen molar-refractivity contribution in [3.8, 4) is 0 Å². The van der Waals surface area contributed by atoms with Crippen LogP contribution in [0.3, 0.4) is 0 Å². The lowest BCUT2D eigenvalue weighted by Crippen LogP contribution is -2.25. The molecule has 2 aromatic rings.